The van der Waals surface area contributed by atoms with Crippen LogP contribution in [0.3, 0.4) is 0 Å². The third-order valence-electron chi connectivity index (χ3n) is 2.17. The van der Waals surface area contributed by atoms with Crippen LogP contribution in [0.15, 0.2) is 0 Å². The predicted molar refractivity (Wildman–Crippen MR) is 45.8 cm³/mol. The van der Waals surface area contributed by atoms with Gasteiger partial charge in [0, 0.05) is 19.0 Å². The summed E-state index contributed by atoms with van der Waals surface area (Å²) >= 11 is 0. The molecule has 1 aliphatic heterocycles. The zero-order valence-electron chi connectivity index (χ0n) is 7.66. The van der Waals surface area contributed by atoms with Crippen LogP contribution in [0.25, 0.3) is 0 Å². The first-order chi connectivity index (χ1) is 6.17. The third-order valence-corrected chi connectivity index (χ3v) is 2.17. The molecule has 5 nitrogen and oxygen atoms in total. The molecule has 5 heteroatoms. The second-order valence-electron chi connectivity index (χ2n) is 3.15. The van der Waals surface area contributed by atoms with Crippen molar-refractivity contribution < 1.29 is 14.3 Å². The average molecular weight is 186 g/mol. The highest BCUT2D eigenvalue weighted by atomic mass is 16.5. The Labute approximate surface area is 76.8 Å². The first kappa shape index (κ1) is 9.98. The van der Waals surface area contributed by atoms with E-state index in [1.165, 1.54) is 7.11 Å². The second kappa shape index (κ2) is 4.23. The molecule has 0 radical (unpaired) electrons. The lowest BCUT2D eigenvalue weighted by Gasteiger charge is -2.38. The molecule has 2 N–H and O–H groups in total. The predicted octanol–water partition coefficient (Wildman–Crippen LogP) is -1.03. The number of carbonyl (C=O) groups is 2. The summed E-state index contributed by atoms with van der Waals surface area (Å²) in [5, 5.41) is 0. The Bertz CT molecular complexity index is 211. The number of nitrogens with zero attached hydrogens (tertiary/aromatic N) is 1. The van der Waals surface area contributed by atoms with Crippen LogP contribution in [0.2, 0.25) is 0 Å². The fourth-order valence-electron chi connectivity index (χ4n) is 1.35. The van der Waals surface area contributed by atoms with Crippen LogP contribution in [0.5, 0.6) is 0 Å². The summed E-state index contributed by atoms with van der Waals surface area (Å²) in [6, 6.07) is 0. The zero-order valence-corrected chi connectivity index (χ0v) is 7.66. The van der Waals surface area contributed by atoms with Crippen molar-refractivity contribution in [3.05, 3.63) is 0 Å². The maximum absolute atomic E-state index is 11.0. The SMILES string of the molecule is COC(=O)CC1CN(C(=O)CN)C1. The molecule has 74 valence electrons. The molecule has 0 aromatic rings. The Hall–Kier alpha value is -1.10. The third kappa shape index (κ3) is 2.42. The number of ether oxygens (including phenoxy) is 1. The first-order valence-electron chi connectivity index (χ1n) is 4.22. The van der Waals surface area contributed by atoms with Gasteiger partial charge in [-0.2, -0.15) is 0 Å². The van der Waals surface area contributed by atoms with E-state index in [1.54, 1.807) is 4.90 Å². The molecule has 0 spiro atoms. The van der Waals surface area contributed by atoms with E-state index in [9.17, 15) is 9.59 Å². The van der Waals surface area contributed by atoms with E-state index < -0.39 is 0 Å². The van der Waals surface area contributed by atoms with Crippen molar-refractivity contribution in [3.63, 3.8) is 0 Å². The number of likely N-dealkylation sites (tertiary alicyclic amines) is 1. The zero-order chi connectivity index (χ0) is 9.84. The van der Waals surface area contributed by atoms with Gasteiger partial charge in [-0.05, 0) is 0 Å². The van der Waals surface area contributed by atoms with Crippen molar-refractivity contribution in [2.75, 3.05) is 26.7 Å². The van der Waals surface area contributed by atoms with E-state index in [0.29, 0.717) is 19.5 Å². The van der Waals surface area contributed by atoms with Crippen molar-refractivity contribution in [1.82, 2.24) is 4.90 Å². The molecule has 1 rings (SSSR count). The fraction of sp³-hybridized carbons (Fsp3) is 0.750. The number of esters is 1. The topological polar surface area (TPSA) is 72.6 Å². The number of rotatable bonds is 3. The summed E-state index contributed by atoms with van der Waals surface area (Å²) in [4.78, 5) is 23.4. The highest BCUT2D eigenvalue weighted by molar-refractivity contribution is 5.79. The molecule has 1 amide bonds. The van der Waals surface area contributed by atoms with Gasteiger partial charge in [-0.3, -0.25) is 9.59 Å². The van der Waals surface area contributed by atoms with Crippen molar-refractivity contribution >= 4 is 11.9 Å². The maximum atomic E-state index is 11.0. The van der Waals surface area contributed by atoms with E-state index in [2.05, 4.69) is 4.74 Å². The molecule has 0 unspecified atom stereocenters. The maximum Gasteiger partial charge on any atom is 0.305 e. The smallest absolute Gasteiger partial charge is 0.305 e. The summed E-state index contributed by atoms with van der Waals surface area (Å²) in [7, 11) is 1.36. The van der Waals surface area contributed by atoms with Gasteiger partial charge in [0.2, 0.25) is 5.91 Å². The summed E-state index contributed by atoms with van der Waals surface area (Å²) in [5.74, 6) is -0.0195. The molecular formula is C8H14N2O3. The van der Waals surface area contributed by atoms with Crippen LogP contribution < -0.4 is 5.73 Å². The van der Waals surface area contributed by atoms with Gasteiger partial charge in [0.05, 0.1) is 20.1 Å². The normalized spacial score (nSPS) is 16.6. The fourth-order valence-corrected chi connectivity index (χ4v) is 1.35. The van der Waals surface area contributed by atoms with Crippen LogP contribution in [0.1, 0.15) is 6.42 Å². The van der Waals surface area contributed by atoms with Crippen LogP contribution in [0.4, 0.5) is 0 Å². The molecule has 0 aromatic carbocycles. The highest BCUT2D eigenvalue weighted by Gasteiger charge is 2.31. The molecule has 0 aliphatic carbocycles. The average Bonchev–Trinajstić information content (AvgIpc) is 2.08. The van der Waals surface area contributed by atoms with Crippen molar-refractivity contribution in [2.45, 2.75) is 6.42 Å². The number of hydrogen-bond acceptors (Lipinski definition) is 4. The number of methoxy groups -OCH3 is 1. The summed E-state index contributed by atoms with van der Waals surface area (Å²) in [6.07, 6.45) is 0.394. The molecular weight excluding hydrogens is 172 g/mol. The molecule has 1 aliphatic rings. The van der Waals surface area contributed by atoms with E-state index in [4.69, 9.17) is 5.73 Å². The van der Waals surface area contributed by atoms with Gasteiger partial charge in [-0.1, -0.05) is 0 Å². The van der Waals surface area contributed by atoms with Crippen molar-refractivity contribution in [1.29, 1.82) is 0 Å². The minimum Gasteiger partial charge on any atom is -0.469 e. The van der Waals surface area contributed by atoms with E-state index in [0.717, 1.165) is 0 Å². The van der Waals surface area contributed by atoms with Gasteiger partial charge >= 0.3 is 5.97 Å². The van der Waals surface area contributed by atoms with Gasteiger partial charge in [0.15, 0.2) is 0 Å². The Balaban J connectivity index is 2.18. The lowest BCUT2D eigenvalue weighted by Crippen LogP contribution is -2.52. The standard InChI is InChI=1S/C8H14N2O3/c1-13-8(12)2-6-4-10(5-6)7(11)3-9/h6H,2-5,9H2,1H3. The van der Waals surface area contributed by atoms with E-state index in [-0.39, 0.29) is 24.3 Å². The monoisotopic (exact) mass is 186 g/mol. The largest absolute Gasteiger partial charge is 0.469 e. The minimum atomic E-state index is -0.218. The molecule has 13 heavy (non-hydrogen) atoms. The number of hydrogen-bond donors (Lipinski definition) is 1. The Morgan fingerprint density at radius 3 is 2.62 bits per heavy atom. The lowest BCUT2D eigenvalue weighted by atomic mass is 9.96. The molecule has 0 atom stereocenters. The summed E-state index contributed by atoms with van der Waals surface area (Å²) in [5.41, 5.74) is 5.17. The van der Waals surface area contributed by atoms with Crippen LogP contribution in [-0.2, 0) is 14.3 Å². The highest BCUT2D eigenvalue weighted by Crippen LogP contribution is 2.18. The van der Waals surface area contributed by atoms with Gasteiger partial charge in [0.1, 0.15) is 0 Å². The molecule has 0 aromatic heterocycles. The number of carbonyl (C=O) groups excluding carboxylic acids is 2. The summed E-state index contributed by atoms with van der Waals surface area (Å²) in [6.45, 7) is 1.31. The Morgan fingerprint density at radius 2 is 2.15 bits per heavy atom. The quantitative estimate of drug-likeness (QED) is 0.572. The second-order valence-corrected chi connectivity index (χ2v) is 3.15. The lowest BCUT2D eigenvalue weighted by molar-refractivity contribution is -0.146. The molecule has 1 fully saturated rings. The summed E-state index contributed by atoms with van der Waals surface area (Å²) < 4.78 is 4.51. The van der Waals surface area contributed by atoms with E-state index in [1.807, 2.05) is 0 Å². The first-order valence-corrected chi connectivity index (χ1v) is 4.22. The number of amides is 1. The van der Waals surface area contributed by atoms with Crippen LogP contribution >= 0.6 is 0 Å². The van der Waals surface area contributed by atoms with Crippen LogP contribution in [-0.4, -0.2) is 43.5 Å². The van der Waals surface area contributed by atoms with Crippen LogP contribution in [0, 0.1) is 5.92 Å². The minimum absolute atomic E-state index is 0.0466. The van der Waals surface area contributed by atoms with Gasteiger partial charge < -0.3 is 15.4 Å². The van der Waals surface area contributed by atoms with E-state index >= 15 is 0 Å². The van der Waals surface area contributed by atoms with Gasteiger partial charge in [-0.25, -0.2) is 0 Å². The van der Waals surface area contributed by atoms with Crippen molar-refractivity contribution in [2.24, 2.45) is 11.7 Å². The Kier molecular flexibility index (Phi) is 3.25. The molecule has 1 heterocycles. The Morgan fingerprint density at radius 1 is 1.54 bits per heavy atom. The molecule has 0 saturated carbocycles. The number of nitrogens with two attached hydrogens (primary N) is 1. The van der Waals surface area contributed by atoms with Gasteiger partial charge in [0.25, 0.3) is 0 Å². The van der Waals surface area contributed by atoms with Gasteiger partial charge in [-0.15, -0.1) is 0 Å². The van der Waals surface area contributed by atoms with Crippen molar-refractivity contribution in [3.8, 4) is 0 Å². The molecule has 1 saturated heterocycles. The molecule has 0 bridgehead atoms.